The van der Waals surface area contributed by atoms with Gasteiger partial charge in [-0.25, -0.2) is 0 Å². The van der Waals surface area contributed by atoms with Gasteiger partial charge in [-0.15, -0.1) is 0 Å². The first-order valence-electron chi connectivity index (χ1n) is 22.2. The van der Waals surface area contributed by atoms with E-state index in [4.69, 9.17) is 28.4 Å². The monoisotopic (exact) mass is 779 g/mol. The number of unbranched alkanes of at least 4 members (excludes halogenated alkanes) is 12. The summed E-state index contributed by atoms with van der Waals surface area (Å²) in [5, 5.41) is 3.60. The number of hydrogen-bond donors (Lipinski definition) is 0. The zero-order valence-corrected chi connectivity index (χ0v) is 35.6. The number of ether oxygens (including phenoxy) is 6. The van der Waals surface area contributed by atoms with Gasteiger partial charge >= 0.3 is 11.9 Å². The Balaban J connectivity index is 1.87. The van der Waals surface area contributed by atoms with Crippen LogP contribution in [0.15, 0.2) is 42.5 Å². The molecular weight excluding hydrogens is 705 g/mol. The SMILES string of the molecule is CCCCCCCC(=O)OC(COCCCCC)COc1c2ccccc2c(OCC(COCCCCC)OC(=O)CCCCCCC)c2cc(CC)ccc12. The van der Waals surface area contributed by atoms with Gasteiger partial charge in [0.1, 0.15) is 24.7 Å². The normalized spacial score (nSPS) is 12.5. The van der Waals surface area contributed by atoms with Crippen molar-refractivity contribution in [2.45, 2.75) is 169 Å². The molecule has 2 atom stereocenters. The average molecular weight is 779 g/mol. The van der Waals surface area contributed by atoms with Crippen molar-refractivity contribution in [1.82, 2.24) is 0 Å². The van der Waals surface area contributed by atoms with Gasteiger partial charge in [0, 0.05) is 47.6 Å². The highest BCUT2D eigenvalue weighted by Gasteiger charge is 2.23. The molecule has 3 rings (SSSR count). The number of rotatable bonds is 33. The number of carbonyl (C=O) groups excluding carboxylic acids is 2. The first kappa shape index (κ1) is 47.0. The zero-order chi connectivity index (χ0) is 40.2. The number of fused-ring (bicyclic) bond motifs is 2. The second-order valence-electron chi connectivity index (χ2n) is 15.2. The summed E-state index contributed by atoms with van der Waals surface area (Å²) in [7, 11) is 0. The van der Waals surface area contributed by atoms with E-state index >= 15 is 0 Å². The standard InChI is InChI=1S/C48H74O8/c1-6-11-15-17-19-27-45(49)55-39(34-51-31-23-13-8-3)36-53-47-41-25-21-22-26-42(41)48(44-33-38(10-5)29-30-43(44)47)54-37-40(35-52-32-24-14-9-4)56-46(50)28-20-18-16-12-7-2/h21-22,25-26,29-30,33,39-40H,6-20,23-24,27-28,31-32,34-37H2,1-5H3. The van der Waals surface area contributed by atoms with E-state index < -0.39 is 12.2 Å². The average Bonchev–Trinajstić information content (AvgIpc) is 3.21. The number of aryl methyl sites for hydroxylation is 1. The molecule has 0 fully saturated rings. The van der Waals surface area contributed by atoms with Crippen molar-refractivity contribution in [2.24, 2.45) is 0 Å². The summed E-state index contributed by atoms with van der Waals surface area (Å²) in [4.78, 5) is 26.0. The van der Waals surface area contributed by atoms with Crippen molar-refractivity contribution in [3.05, 3.63) is 48.0 Å². The maximum Gasteiger partial charge on any atom is 0.306 e. The maximum absolute atomic E-state index is 13.0. The summed E-state index contributed by atoms with van der Waals surface area (Å²) in [5.74, 6) is 1.01. The number of carbonyl (C=O) groups is 2. The Hall–Kier alpha value is -3.36. The lowest BCUT2D eigenvalue weighted by molar-refractivity contribution is -0.155. The van der Waals surface area contributed by atoms with E-state index in [2.05, 4.69) is 52.8 Å². The van der Waals surface area contributed by atoms with Gasteiger partial charge in [-0.3, -0.25) is 9.59 Å². The van der Waals surface area contributed by atoms with Crippen LogP contribution in [0.3, 0.4) is 0 Å². The Kier molecular flexibility index (Phi) is 24.3. The van der Waals surface area contributed by atoms with Gasteiger partial charge in [0.05, 0.1) is 13.2 Å². The summed E-state index contributed by atoms with van der Waals surface area (Å²) in [6.07, 6.45) is 17.6. The van der Waals surface area contributed by atoms with Gasteiger partial charge in [-0.1, -0.05) is 148 Å². The third-order valence-corrected chi connectivity index (χ3v) is 10.2. The van der Waals surface area contributed by atoms with Crippen molar-refractivity contribution < 1.29 is 38.0 Å². The third-order valence-electron chi connectivity index (χ3n) is 10.2. The Morgan fingerprint density at radius 2 is 0.911 bits per heavy atom. The van der Waals surface area contributed by atoms with Gasteiger partial charge in [0.15, 0.2) is 12.2 Å². The number of hydrogen-bond acceptors (Lipinski definition) is 8. The molecule has 0 bridgehead atoms. The molecule has 0 aliphatic rings. The molecule has 0 aromatic heterocycles. The van der Waals surface area contributed by atoms with Crippen LogP contribution in [0.4, 0.5) is 0 Å². The van der Waals surface area contributed by atoms with Crippen LogP contribution in [-0.2, 0) is 35.0 Å². The van der Waals surface area contributed by atoms with Crippen LogP contribution in [0.2, 0.25) is 0 Å². The molecule has 0 heterocycles. The first-order chi connectivity index (χ1) is 27.4. The minimum atomic E-state index is -0.543. The molecule has 8 nitrogen and oxygen atoms in total. The Morgan fingerprint density at radius 1 is 0.482 bits per heavy atom. The molecule has 2 unspecified atom stereocenters. The quantitative estimate of drug-likeness (QED) is 0.0343. The zero-order valence-electron chi connectivity index (χ0n) is 35.6. The van der Waals surface area contributed by atoms with Gasteiger partial charge in [-0.2, -0.15) is 0 Å². The van der Waals surface area contributed by atoms with Gasteiger partial charge in [0.2, 0.25) is 0 Å². The summed E-state index contributed by atoms with van der Waals surface area (Å²) in [5.41, 5.74) is 1.17. The molecule has 0 amide bonds. The fourth-order valence-corrected chi connectivity index (χ4v) is 6.84. The van der Waals surface area contributed by atoms with E-state index in [1.165, 1.54) is 31.2 Å². The molecule has 0 saturated heterocycles. The molecular formula is C48H74O8. The van der Waals surface area contributed by atoms with E-state index in [1.54, 1.807) is 0 Å². The molecule has 314 valence electrons. The highest BCUT2D eigenvalue weighted by atomic mass is 16.6. The molecule has 8 heteroatoms. The fourth-order valence-electron chi connectivity index (χ4n) is 6.84. The lowest BCUT2D eigenvalue weighted by Gasteiger charge is -2.23. The van der Waals surface area contributed by atoms with Crippen molar-refractivity contribution in [3.63, 3.8) is 0 Å². The van der Waals surface area contributed by atoms with Crippen molar-refractivity contribution >= 4 is 33.5 Å². The second kappa shape index (κ2) is 28.9. The van der Waals surface area contributed by atoms with Crippen molar-refractivity contribution in [3.8, 4) is 11.5 Å². The first-order valence-corrected chi connectivity index (χ1v) is 22.2. The molecule has 3 aromatic carbocycles. The molecule has 0 aliphatic heterocycles. The van der Waals surface area contributed by atoms with Crippen molar-refractivity contribution in [1.29, 1.82) is 0 Å². The van der Waals surface area contributed by atoms with E-state index in [-0.39, 0.29) is 38.4 Å². The Labute approximate surface area is 338 Å². The molecule has 0 radical (unpaired) electrons. The van der Waals surface area contributed by atoms with Crippen LogP contribution in [0.25, 0.3) is 21.5 Å². The maximum atomic E-state index is 13.0. The Bertz CT molecular complexity index is 1520. The molecule has 56 heavy (non-hydrogen) atoms. The van der Waals surface area contributed by atoms with E-state index in [0.717, 1.165) is 111 Å². The molecule has 0 spiro atoms. The summed E-state index contributed by atoms with van der Waals surface area (Å²) >= 11 is 0. The van der Waals surface area contributed by atoms with Gasteiger partial charge < -0.3 is 28.4 Å². The summed E-state index contributed by atoms with van der Waals surface area (Å²) < 4.78 is 37.4. The van der Waals surface area contributed by atoms with Crippen LogP contribution in [0.5, 0.6) is 11.5 Å². The minimum Gasteiger partial charge on any atom is -0.488 e. The highest BCUT2D eigenvalue weighted by molar-refractivity contribution is 6.11. The number of benzene rings is 3. The van der Waals surface area contributed by atoms with E-state index in [9.17, 15) is 9.59 Å². The lowest BCUT2D eigenvalue weighted by atomic mass is 9.98. The topological polar surface area (TPSA) is 89.5 Å². The molecule has 3 aromatic rings. The van der Waals surface area contributed by atoms with Crippen molar-refractivity contribution in [2.75, 3.05) is 39.6 Å². The highest BCUT2D eigenvalue weighted by Crippen LogP contribution is 2.43. The van der Waals surface area contributed by atoms with Crippen LogP contribution in [0.1, 0.15) is 156 Å². The largest absolute Gasteiger partial charge is 0.488 e. The second-order valence-corrected chi connectivity index (χ2v) is 15.2. The van der Waals surface area contributed by atoms with Crippen LogP contribution in [-0.4, -0.2) is 63.8 Å². The molecule has 0 aliphatic carbocycles. The predicted octanol–water partition coefficient (Wildman–Crippen LogP) is 12.3. The predicted molar refractivity (Wildman–Crippen MR) is 229 cm³/mol. The fraction of sp³-hybridized carbons (Fsp3) is 0.667. The van der Waals surface area contributed by atoms with Gasteiger partial charge in [-0.05, 0) is 43.7 Å². The smallest absolute Gasteiger partial charge is 0.306 e. The molecule has 0 N–H and O–H groups in total. The van der Waals surface area contributed by atoms with Crippen LogP contribution < -0.4 is 9.47 Å². The summed E-state index contributed by atoms with van der Waals surface area (Å²) in [6, 6.07) is 14.4. The van der Waals surface area contributed by atoms with Gasteiger partial charge in [0.25, 0.3) is 0 Å². The molecule has 0 saturated carbocycles. The van der Waals surface area contributed by atoms with Crippen LogP contribution >= 0.6 is 0 Å². The van der Waals surface area contributed by atoms with E-state index in [0.29, 0.717) is 31.8 Å². The number of esters is 2. The third kappa shape index (κ3) is 17.4. The Morgan fingerprint density at radius 3 is 1.38 bits per heavy atom. The lowest BCUT2D eigenvalue weighted by Crippen LogP contribution is -2.30. The van der Waals surface area contributed by atoms with Crippen LogP contribution in [0, 0.1) is 0 Å². The summed E-state index contributed by atoms with van der Waals surface area (Å²) in [6.45, 7) is 13.0. The van der Waals surface area contributed by atoms with E-state index in [1.807, 2.05) is 24.3 Å². The minimum absolute atomic E-state index is 0.163.